The van der Waals surface area contributed by atoms with Crippen LogP contribution in [0.25, 0.3) is 0 Å². The summed E-state index contributed by atoms with van der Waals surface area (Å²) in [4.78, 5) is 0. The van der Waals surface area contributed by atoms with Crippen molar-refractivity contribution in [3.05, 3.63) is 34.1 Å². The van der Waals surface area contributed by atoms with Crippen LogP contribution in [0.5, 0.6) is 0 Å². The minimum atomic E-state index is -0.836. The molecule has 0 radical (unpaired) electrons. The number of hydrogen-bond acceptors (Lipinski definition) is 2. The quantitative estimate of drug-likeness (QED) is 0.888. The molecule has 0 saturated carbocycles. The highest BCUT2D eigenvalue weighted by Gasteiger charge is 2.15. The van der Waals surface area contributed by atoms with Crippen LogP contribution in [0.3, 0.4) is 0 Å². The van der Waals surface area contributed by atoms with Crippen molar-refractivity contribution >= 4 is 15.9 Å². The highest BCUT2D eigenvalue weighted by Crippen LogP contribution is 2.24. The Morgan fingerprint density at radius 1 is 1.53 bits per heavy atom. The van der Waals surface area contributed by atoms with Crippen LogP contribution in [0.4, 0.5) is 4.39 Å². The van der Waals surface area contributed by atoms with E-state index in [4.69, 9.17) is 5.73 Å². The number of nitrogens with two attached hydrogens (primary N) is 1. The van der Waals surface area contributed by atoms with Crippen molar-refractivity contribution in [3.63, 3.8) is 0 Å². The van der Waals surface area contributed by atoms with Crippen LogP contribution in [0.2, 0.25) is 0 Å². The van der Waals surface area contributed by atoms with Crippen LogP contribution >= 0.6 is 15.9 Å². The predicted molar refractivity (Wildman–Crippen MR) is 61.9 cm³/mol. The van der Waals surface area contributed by atoms with Crippen LogP contribution in [-0.2, 0) is 0 Å². The summed E-state index contributed by atoms with van der Waals surface area (Å²) in [6, 6.07) is 4.42. The van der Waals surface area contributed by atoms with Gasteiger partial charge in [0.05, 0.1) is 6.10 Å². The van der Waals surface area contributed by atoms with Crippen molar-refractivity contribution in [1.29, 1.82) is 0 Å². The maximum atomic E-state index is 13.4. The van der Waals surface area contributed by atoms with Gasteiger partial charge in [0.1, 0.15) is 5.82 Å². The van der Waals surface area contributed by atoms with Crippen molar-refractivity contribution in [3.8, 4) is 0 Å². The Morgan fingerprint density at radius 2 is 2.20 bits per heavy atom. The van der Waals surface area contributed by atoms with Gasteiger partial charge in [0.15, 0.2) is 0 Å². The molecule has 84 valence electrons. The van der Waals surface area contributed by atoms with Gasteiger partial charge < -0.3 is 10.8 Å². The molecule has 0 aliphatic rings. The van der Waals surface area contributed by atoms with E-state index in [-0.39, 0.29) is 6.04 Å². The average molecular weight is 276 g/mol. The highest BCUT2D eigenvalue weighted by molar-refractivity contribution is 9.10. The van der Waals surface area contributed by atoms with E-state index in [0.29, 0.717) is 12.0 Å². The zero-order valence-corrected chi connectivity index (χ0v) is 10.2. The third kappa shape index (κ3) is 3.55. The third-order valence-corrected chi connectivity index (χ3v) is 2.86. The van der Waals surface area contributed by atoms with Crippen LogP contribution < -0.4 is 5.73 Å². The summed E-state index contributed by atoms with van der Waals surface area (Å²) in [5.41, 5.74) is 6.00. The topological polar surface area (TPSA) is 46.2 Å². The Bertz CT molecular complexity index is 332. The van der Waals surface area contributed by atoms with Crippen molar-refractivity contribution in [2.45, 2.75) is 31.9 Å². The molecule has 0 bridgehead atoms. The number of hydrogen-bond donors (Lipinski definition) is 2. The molecule has 1 aromatic carbocycles. The van der Waals surface area contributed by atoms with E-state index >= 15 is 0 Å². The van der Waals surface area contributed by atoms with Gasteiger partial charge >= 0.3 is 0 Å². The summed E-state index contributed by atoms with van der Waals surface area (Å²) in [5.74, 6) is -0.394. The van der Waals surface area contributed by atoms with Crippen LogP contribution in [-0.4, -0.2) is 11.1 Å². The molecule has 0 saturated heterocycles. The zero-order chi connectivity index (χ0) is 11.4. The Kier molecular flexibility index (Phi) is 4.70. The number of benzene rings is 1. The van der Waals surface area contributed by atoms with Crippen LogP contribution in [0.15, 0.2) is 22.7 Å². The van der Waals surface area contributed by atoms with Gasteiger partial charge in [0, 0.05) is 16.1 Å². The first-order valence-corrected chi connectivity index (χ1v) is 5.72. The first-order chi connectivity index (χ1) is 7.04. The van der Waals surface area contributed by atoms with Gasteiger partial charge in [-0.1, -0.05) is 22.9 Å². The number of aliphatic hydroxyl groups is 1. The molecular weight excluding hydrogens is 261 g/mol. The van der Waals surface area contributed by atoms with E-state index in [1.807, 2.05) is 6.92 Å². The Balaban J connectivity index is 2.80. The van der Waals surface area contributed by atoms with E-state index in [2.05, 4.69) is 15.9 Å². The molecule has 4 heteroatoms. The minimum Gasteiger partial charge on any atom is -0.388 e. The Morgan fingerprint density at radius 3 is 2.80 bits per heavy atom. The van der Waals surface area contributed by atoms with Crippen LogP contribution in [0.1, 0.15) is 31.4 Å². The molecule has 0 heterocycles. The van der Waals surface area contributed by atoms with E-state index in [0.717, 1.165) is 10.9 Å². The normalized spacial score (nSPS) is 15.0. The van der Waals surface area contributed by atoms with E-state index in [1.165, 1.54) is 6.07 Å². The molecule has 0 aliphatic carbocycles. The second-order valence-electron chi connectivity index (χ2n) is 3.59. The van der Waals surface area contributed by atoms with Crippen molar-refractivity contribution in [2.24, 2.45) is 5.73 Å². The summed E-state index contributed by atoms with van der Waals surface area (Å²) in [7, 11) is 0. The van der Waals surface area contributed by atoms with Gasteiger partial charge in [-0.15, -0.1) is 0 Å². The smallest absolute Gasteiger partial charge is 0.129 e. The maximum Gasteiger partial charge on any atom is 0.129 e. The van der Waals surface area contributed by atoms with Gasteiger partial charge in [0.2, 0.25) is 0 Å². The van der Waals surface area contributed by atoms with Gasteiger partial charge in [-0.3, -0.25) is 0 Å². The SMILES string of the molecule is CCC(N)CC(O)c1cc(Br)ccc1F. The van der Waals surface area contributed by atoms with Crippen molar-refractivity contribution in [1.82, 2.24) is 0 Å². The highest BCUT2D eigenvalue weighted by atomic mass is 79.9. The van der Waals surface area contributed by atoms with E-state index in [9.17, 15) is 9.50 Å². The lowest BCUT2D eigenvalue weighted by Crippen LogP contribution is -2.22. The molecule has 1 aromatic rings. The second kappa shape index (κ2) is 5.58. The van der Waals surface area contributed by atoms with E-state index in [1.54, 1.807) is 12.1 Å². The average Bonchev–Trinajstić information content (AvgIpc) is 2.21. The molecule has 0 amide bonds. The molecule has 2 unspecified atom stereocenters. The predicted octanol–water partition coefficient (Wildman–Crippen LogP) is 2.75. The summed E-state index contributed by atoms with van der Waals surface area (Å²) in [5, 5.41) is 9.79. The molecule has 0 fully saturated rings. The van der Waals surface area contributed by atoms with Crippen LogP contribution in [0, 0.1) is 5.82 Å². The fourth-order valence-electron chi connectivity index (χ4n) is 1.35. The number of halogens is 2. The molecule has 15 heavy (non-hydrogen) atoms. The standard InChI is InChI=1S/C11H15BrFNO/c1-2-8(14)6-11(15)9-5-7(12)3-4-10(9)13/h3-5,8,11,15H,2,6,14H2,1H3. The summed E-state index contributed by atoms with van der Waals surface area (Å²) in [6.45, 7) is 1.94. The van der Waals surface area contributed by atoms with Gasteiger partial charge in [-0.25, -0.2) is 4.39 Å². The molecule has 0 spiro atoms. The van der Waals surface area contributed by atoms with Gasteiger partial charge in [-0.2, -0.15) is 0 Å². The monoisotopic (exact) mass is 275 g/mol. The first kappa shape index (κ1) is 12.6. The molecule has 0 aromatic heterocycles. The molecular formula is C11H15BrFNO. The fraction of sp³-hybridized carbons (Fsp3) is 0.455. The second-order valence-corrected chi connectivity index (χ2v) is 4.50. The summed E-state index contributed by atoms with van der Waals surface area (Å²) < 4.78 is 14.1. The summed E-state index contributed by atoms with van der Waals surface area (Å²) in [6.07, 6.45) is 0.314. The zero-order valence-electron chi connectivity index (χ0n) is 8.58. The third-order valence-electron chi connectivity index (χ3n) is 2.37. The maximum absolute atomic E-state index is 13.4. The Hall–Kier alpha value is -0.450. The lowest BCUT2D eigenvalue weighted by atomic mass is 10.0. The van der Waals surface area contributed by atoms with Crippen molar-refractivity contribution in [2.75, 3.05) is 0 Å². The largest absolute Gasteiger partial charge is 0.388 e. The minimum absolute atomic E-state index is 0.0987. The number of rotatable bonds is 4. The molecule has 2 atom stereocenters. The molecule has 3 N–H and O–H groups in total. The van der Waals surface area contributed by atoms with Crippen molar-refractivity contribution < 1.29 is 9.50 Å². The lowest BCUT2D eigenvalue weighted by Gasteiger charge is -2.16. The van der Waals surface area contributed by atoms with Gasteiger partial charge in [0.25, 0.3) is 0 Å². The fourth-order valence-corrected chi connectivity index (χ4v) is 1.73. The Labute approximate surface area is 97.4 Å². The molecule has 0 aliphatic heterocycles. The molecule has 2 nitrogen and oxygen atoms in total. The summed E-state index contributed by atoms with van der Waals surface area (Å²) >= 11 is 3.24. The van der Waals surface area contributed by atoms with E-state index < -0.39 is 11.9 Å². The number of aliphatic hydroxyl groups excluding tert-OH is 1. The van der Waals surface area contributed by atoms with Gasteiger partial charge in [-0.05, 0) is 31.0 Å². The first-order valence-electron chi connectivity index (χ1n) is 4.93. The molecule has 1 rings (SSSR count). The lowest BCUT2D eigenvalue weighted by molar-refractivity contribution is 0.152.